The molecule has 1 aliphatic heterocycles. The standard InChI is InChI=1S/C21H20N2O3/c1-3-13(21(24)25)8-9-16-19-17(10-11-18(22-19)26-2)23-12-14-6-4-5-7-15(14)20(16)23/h4-11,13H,3,12H2,1-2H3,(H,24,25)/p-1/b9-8+. The molecule has 0 saturated heterocycles. The SMILES string of the molecule is CCC(/C=C/c1c2n(c3ccc(OC)nc13)Cc1ccccc1-2)C(=O)[O-]. The molecule has 1 unspecified atom stereocenters. The Morgan fingerprint density at radius 2 is 2.15 bits per heavy atom. The Labute approximate surface area is 151 Å². The number of hydrogen-bond donors (Lipinski definition) is 0. The average molecular weight is 347 g/mol. The zero-order chi connectivity index (χ0) is 18.3. The van der Waals surface area contributed by atoms with E-state index in [1.165, 1.54) is 5.56 Å². The molecule has 0 radical (unpaired) electrons. The van der Waals surface area contributed by atoms with Crippen molar-refractivity contribution < 1.29 is 14.6 Å². The van der Waals surface area contributed by atoms with Crippen molar-refractivity contribution in [3.05, 3.63) is 53.6 Å². The lowest BCUT2D eigenvalue weighted by Gasteiger charge is -2.10. The predicted octanol–water partition coefficient (Wildman–Crippen LogP) is 2.86. The molecule has 0 N–H and O–H groups in total. The minimum Gasteiger partial charge on any atom is -0.550 e. The maximum absolute atomic E-state index is 11.3. The average Bonchev–Trinajstić information content (AvgIpc) is 3.17. The number of pyridine rings is 1. The van der Waals surface area contributed by atoms with E-state index in [-0.39, 0.29) is 0 Å². The second-order valence-corrected chi connectivity index (χ2v) is 6.42. The van der Waals surface area contributed by atoms with Gasteiger partial charge in [-0.3, -0.25) is 0 Å². The molecule has 1 aromatic carbocycles. The number of fused-ring (bicyclic) bond motifs is 5. The monoisotopic (exact) mass is 347 g/mol. The molecule has 4 rings (SSSR count). The van der Waals surface area contributed by atoms with Gasteiger partial charge in [0.05, 0.1) is 18.3 Å². The van der Waals surface area contributed by atoms with E-state index in [1.807, 2.05) is 37.3 Å². The molecule has 1 atom stereocenters. The number of nitrogens with zero attached hydrogens (tertiary/aromatic N) is 2. The quantitative estimate of drug-likeness (QED) is 0.557. The molecule has 26 heavy (non-hydrogen) atoms. The van der Waals surface area contributed by atoms with Gasteiger partial charge >= 0.3 is 0 Å². The van der Waals surface area contributed by atoms with E-state index in [9.17, 15) is 9.90 Å². The topological polar surface area (TPSA) is 67.2 Å². The van der Waals surface area contributed by atoms with Crippen LogP contribution in [0.1, 0.15) is 24.5 Å². The van der Waals surface area contributed by atoms with Crippen molar-refractivity contribution in [3.63, 3.8) is 0 Å². The first-order chi connectivity index (χ1) is 12.6. The fourth-order valence-electron chi connectivity index (χ4n) is 3.61. The molecule has 2 aromatic heterocycles. The number of carboxylic acid groups (broad SMARTS) is 1. The number of carbonyl (C=O) groups is 1. The van der Waals surface area contributed by atoms with Gasteiger partial charge in [-0.2, -0.15) is 0 Å². The van der Waals surface area contributed by atoms with E-state index in [4.69, 9.17) is 4.74 Å². The van der Waals surface area contributed by atoms with Gasteiger partial charge in [-0.25, -0.2) is 4.98 Å². The van der Waals surface area contributed by atoms with Crippen molar-refractivity contribution >= 4 is 23.1 Å². The molecule has 3 aromatic rings. The van der Waals surface area contributed by atoms with Crippen LogP contribution < -0.4 is 9.84 Å². The summed E-state index contributed by atoms with van der Waals surface area (Å²) in [5.74, 6) is -1.14. The van der Waals surface area contributed by atoms with Crippen molar-refractivity contribution in [3.8, 4) is 17.1 Å². The molecule has 132 valence electrons. The highest BCUT2D eigenvalue weighted by Crippen LogP contribution is 2.41. The molecule has 5 nitrogen and oxygen atoms in total. The summed E-state index contributed by atoms with van der Waals surface area (Å²) in [4.78, 5) is 15.9. The third-order valence-corrected chi connectivity index (χ3v) is 4.97. The van der Waals surface area contributed by atoms with Gasteiger partial charge in [0.15, 0.2) is 0 Å². The Kier molecular flexibility index (Phi) is 3.99. The van der Waals surface area contributed by atoms with E-state index in [2.05, 4.69) is 21.7 Å². The van der Waals surface area contributed by atoms with Crippen LogP contribution in [0.5, 0.6) is 5.88 Å². The number of carbonyl (C=O) groups excluding carboxylic acids is 1. The lowest BCUT2D eigenvalue weighted by molar-refractivity contribution is -0.309. The molecule has 0 aliphatic carbocycles. The first kappa shape index (κ1) is 16.4. The molecule has 0 saturated carbocycles. The Hall–Kier alpha value is -3.08. The molecule has 0 fully saturated rings. The summed E-state index contributed by atoms with van der Waals surface area (Å²) in [5.41, 5.74) is 6.23. The lowest BCUT2D eigenvalue weighted by Crippen LogP contribution is -2.29. The van der Waals surface area contributed by atoms with Crippen LogP contribution in [-0.2, 0) is 11.3 Å². The number of methoxy groups -OCH3 is 1. The van der Waals surface area contributed by atoms with E-state index < -0.39 is 11.9 Å². The van der Waals surface area contributed by atoms with Crippen LogP contribution in [-0.4, -0.2) is 22.6 Å². The summed E-state index contributed by atoms with van der Waals surface area (Å²) >= 11 is 0. The minimum absolute atomic E-state index is 0.486. The van der Waals surface area contributed by atoms with Crippen LogP contribution in [0.2, 0.25) is 0 Å². The molecule has 1 aliphatic rings. The number of aliphatic carboxylic acids is 1. The Morgan fingerprint density at radius 1 is 1.35 bits per heavy atom. The maximum Gasteiger partial charge on any atom is 0.213 e. The maximum atomic E-state index is 11.3. The first-order valence-corrected chi connectivity index (χ1v) is 8.68. The van der Waals surface area contributed by atoms with Gasteiger partial charge in [0.2, 0.25) is 5.88 Å². The van der Waals surface area contributed by atoms with E-state index in [0.717, 1.165) is 34.4 Å². The number of hydrogen-bond acceptors (Lipinski definition) is 4. The zero-order valence-corrected chi connectivity index (χ0v) is 14.7. The van der Waals surface area contributed by atoms with Crippen LogP contribution >= 0.6 is 0 Å². The van der Waals surface area contributed by atoms with Crippen LogP contribution in [0.15, 0.2) is 42.5 Å². The van der Waals surface area contributed by atoms with Gasteiger partial charge in [0.1, 0.15) is 5.52 Å². The summed E-state index contributed by atoms with van der Waals surface area (Å²) < 4.78 is 7.51. The third-order valence-electron chi connectivity index (χ3n) is 4.97. The van der Waals surface area contributed by atoms with Crippen molar-refractivity contribution in [1.82, 2.24) is 9.55 Å². The largest absolute Gasteiger partial charge is 0.550 e. The Morgan fingerprint density at radius 3 is 2.88 bits per heavy atom. The molecular formula is C21H19N2O3-. The van der Waals surface area contributed by atoms with Crippen LogP contribution in [0.4, 0.5) is 0 Å². The third kappa shape index (κ3) is 2.47. The highest BCUT2D eigenvalue weighted by molar-refractivity contribution is 5.97. The second-order valence-electron chi connectivity index (χ2n) is 6.42. The molecule has 0 amide bonds. The number of aromatic nitrogens is 2. The predicted molar refractivity (Wildman–Crippen MR) is 98.6 cm³/mol. The van der Waals surface area contributed by atoms with Gasteiger partial charge in [0.25, 0.3) is 0 Å². The fourth-order valence-corrected chi connectivity index (χ4v) is 3.61. The van der Waals surface area contributed by atoms with E-state index in [0.29, 0.717) is 12.3 Å². The smallest absolute Gasteiger partial charge is 0.213 e. The van der Waals surface area contributed by atoms with Crippen molar-refractivity contribution in [1.29, 1.82) is 0 Å². The van der Waals surface area contributed by atoms with Gasteiger partial charge in [-0.15, -0.1) is 0 Å². The first-order valence-electron chi connectivity index (χ1n) is 8.68. The summed E-state index contributed by atoms with van der Waals surface area (Å²) in [6.07, 6.45) is 4.06. The molecule has 3 heterocycles. The van der Waals surface area contributed by atoms with Crippen molar-refractivity contribution in [2.24, 2.45) is 5.92 Å². The fraction of sp³-hybridized carbons (Fsp3) is 0.238. The highest BCUT2D eigenvalue weighted by Gasteiger charge is 2.25. The number of ether oxygens (including phenoxy) is 1. The van der Waals surface area contributed by atoms with Gasteiger partial charge in [-0.1, -0.05) is 43.3 Å². The normalized spacial score (nSPS) is 13.8. The van der Waals surface area contributed by atoms with Crippen LogP contribution in [0.25, 0.3) is 28.4 Å². The van der Waals surface area contributed by atoms with E-state index >= 15 is 0 Å². The van der Waals surface area contributed by atoms with Crippen molar-refractivity contribution in [2.45, 2.75) is 19.9 Å². The number of rotatable bonds is 5. The Balaban J connectivity index is 1.95. The molecular weight excluding hydrogens is 328 g/mol. The van der Waals surface area contributed by atoms with Gasteiger partial charge in [-0.05, 0) is 18.1 Å². The van der Waals surface area contributed by atoms with E-state index in [1.54, 1.807) is 13.2 Å². The lowest BCUT2D eigenvalue weighted by atomic mass is 10.0. The molecule has 0 bridgehead atoms. The zero-order valence-electron chi connectivity index (χ0n) is 14.7. The van der Waals surface area contributed by atoms with Crippen LogP contribution in [0.3, 0.4) is 0 Å². The second kappa shape index (κ2) is 6.33. The summed E-state index contributed by atoms with van der Waals surface area (Å²) in [6.45, 7) is 2.62. The number of benzene rings is 1. The van der Waals surface area contributed by atoms with Gasteiger partial charge < -0.3 is 19.2 Å². The Bertz CT molecular complexity index is 1030. The van der Waals surface area contributed by atoms with Crippen LogP contribution in [0, 0.1) is 5.92 Å². The molecule has 0 spiro atoms. The van der Waals surface area contributed by atoms with Gasteiger partial charge in [0, 0.05) is 35.6 Å². The molecule has 5 heteroatoms. The summed E-state index contributed by atoms with van der Waals surface area (Å²) in [5, 5.41) is 11.3. The summed E-state index contributed by atoms with van der Waals surface area (Å²) in [7, 11) is 1.59. The highest BCUT2D eigenvalue weighted by atomic mass is 16.5. The minimum atomic E-state index is -1.06. The summed E-state index contributed by atoms with van der Waals surface area (Å²) in [6, 6.07) is 12.1. The number of carboxylic acids is 1. The van der Waals surface area contributed by atoms with Crippen molar-refractivity contribution in [2.75, 3.05) is 7.11 Å².